The van der Waals surface area contributed by atoms with Gasteiger partial charge in [-0.3, -0.25) is 0 Å². The number of quaternary nitrogens is 1. The number of aromatic nitrogens is 1. The number of aromatic amines is 1. The molecule has 0 atom stereocenters. The van der Waals surface area contributed by atoms with Crippen molar-refractivity contribution >= 4 is 10.0 Å². The summed E-state index contributed by atoms with van der Waals surface area (Å²) in [6, 6.07) is 11.2. The standard InChI is InChI=1S/C17H21N3O2S/c1-15-2-4-17(5-3-15)23(21,22)20-12-10-19(11-13-20)14-16-6-8-18-9-7-16/h2-9H,10-14H2,1H3/p+2. The van der Waals surface area contributed by atoms with Crippen LogP contribution in [-0.4, -0.2) is 38.9 Å². The van der Waals surface area contributed by atoms with Crippen molar-refractivity contribution in [3.8, 4) is 0 Å². The molecule has 5 nitrogen and oxygen atoms in total. The van der Waals surface area contributed by atoms with Gasteiger partial charge >= 0.3 is 0 Å². The van der Waals surface area contributed by atoms with E-state index in [1.54, 1.807) is 16.4 Å². The van der Waals surface area contributed by atoms with Crippen LogP contribution in [0.1, 0.15) is 11.1 Å². The zero-order valence-corrected chi connectivity index (χ0v) is 14.1. The third-order valence-electron chi connectivity index (χ3n) is 4.33. The van der Waals surface area contributed by atoms with Gasteiger partial charge in [-0.05, 0) is 19.1 Å². The molecule has 122 valence electrons. The lowest BCUT2D eigenvalue weighted by Crippen LogP contribution is -3.13. The van der Waals surface area contributed by atoms with Crippen molar-refractivity contribution in [2.75, 3.05) is 26.2 Å². The molecule has 2 N–H and O–H groups in total. The first kappa shape index (κ1) is 16.1. The summed E-state index contributed by atoms with van der Waals surface area (Å²) in [6.45, 7) is 5.72. The highest BCUT2D eigenvalue weighted by Crippen LogP contribution is 2.16. The van der Waals surface area contributed by atoms with E-state index in [9.17, 15) is 8.42 Å². The summed E-state index contributed by atoms with van der Waals surface area (Å²) in [7, 11) is -3.36. The first-order chi connectivity index (χ1) is 11.1. The molecule has 0 aliphatic carbocycles. The van der Waals surface area contributed by atoms with Crippen LogP contribution in [0, 0.1) is 6.92 Å². The van der Waals surface area contributed by atoms with Crippen LogP contribution in [0.15, 0.2) is 53.7 Å². The van der Waals surface area contributed by atoms with E-state index in [-0.39, 0.29) is 0 Å². The number of sulfonamides is 1. The molecule has 3 rings (SSSR count). The van der Waals surface area contributed by atoms with Gasteiger partial charge in [0.2, 0.25) is 10.0 Å². The van der Waals surface area contributed by atoms with Crippen molar-refractivity contribution in [2.45, 2.75) is 18.4 Å². The average Bonchev–Trinajstić information content (AvgIpc) is 2.57. The fourth-order valence-electron chi connectivity index (χ4n) is 2.91. The Balaban J connectivity index is 1.63. The van der Waals surface area contributed by atoms with E-state index in [1.165, 1.54) is 10.5 Å². The number of nitrogens with zero attached hydrogens (tertiary/aromatic N) is 1. The normalized spacial score (nSPS) is 17.3. The number of hydrogen-bond acceptors (Lipinski definition) is 2. The monoisotopic (exact) mass is 333 g/mol. The molecule has 1 saturated heterocycles. The molecule has 2 aromatic rings. The van der Waals surface area contributed by atoms with Gasteiger partial charge in [0.25, 0.3) is 0 Å². The molecule has 0 unspecified atom stereocenters. The van der Waals surface area contributed by atoms with Crippen molar-refractivity contribution in [3.05, 3.63) is 59.9 Å². The summed E-state index contributed by atoms with van der Waals surface area (Å²) in [5.74, 6) is 0. The Morgan fingerprint density at radius 1 is 1.04 bits per heavy atom. The van der Waals surface area contributed by atoms with Gasteiger partial charge in [-0.15, -0.1) is 0 Å². The largest absolute Gasteiger partial charge is 0.329 e. The minimum absolute atomic E-state index is 0.394. The quantitative estimate of drug-likeness (QED) is 0.849. The van der Waals surface area contributed by atoms with Gasteiger partial charge in [-0.2, -0.15) is 4.31 Å². The Hall–Kier alpha value is -1.76. The Morgan fingerprint density at radius 3 is 2.26 bits per heavy atom. The molecule has 6 heteroatoms. The van der Waals surface area contributed by atoms with Gasteiger partial charge < -0.3 is 4.90 Å². The van der Waals surface area contributed by atoms with Gasteiger partial charge in [0.05, 0.1) is 31.1 Å². The average molecular weight is 333 g/mol. The van der Waals surface area contributed by atoms with Crippen LogP contribution in [0.25, 0.3) is 0 Å². The zero-order chi connectivity index (χ0) is 16.3. The number of aryl methyl sites for hydroxylation is 1. The number of hydrogen-bond donors (Lipinski definition) is 1. The van der Waals surface area contributed by atoms with Crippen molar-refractivity contribution < 1.29 is 18.3 Å². The van der Waals surface area contributed by atoms with E-state index < -0.39 is 10.0 Å². The molecule has 1 fully saturated rings. The van der Waals surface area contributed by atoms with Crippen LogP contribution >= 0.6 is 0 Å². The number of pyridine rings is 1. The first-order valence-electron chi connectivity index (χ1n) is 7.91. The molecule has 0 radical (unpaired) electrons. The molecule has 2 heterocycles. The summed E-state index contributed by atoms with van der Waals surface area (Å²) in [5, 5.41) is 0. The van der Waals surface area contributed by atoms with Crippen LogP contribution in [0.2, 0.25) is 0 Å². The fourth-order valence-corrected chi connectivity index (χ4v) is 4.35. The second-order valence-corrected chi connectivity index (χ2v) is 7.99. The van der Waals surface area contributed by atoms with Gasteiger partial charge in [0, 0.05) is 17.7 Å². The van der Waals surface area contributed by atoms with E-state index in [4.69, 9.17) is 0 Å². The second kappa shape index (κ2) is 6.78. The van der Waals surface area contributed by atoms with Crippen molar-refractivity contribution in [2.24, 2.45) is 0 Å². The smallest absolute Gasteiger partial charge is 0.243 e. The molecule has 0 amide bonds. The molecular formula is C17H23N3O2S+2. The zero-order valence-electron chi connectivity index (χ0n) is 13.3. The Kier molecular flexibility index (Phi) is 4.75. The predicted molar refractivity (Wildman–Crippen MR) is 87.3 cm³/mol. The van der Waals surface area contributed by atoms with E-state index in [1.807, 2.05) is 31.5 Å². The van der Waals surface area contributed by atoms with Gasteiger partial charge in [-0.25, -0.2) is 13.4 Å². The molecule has 0 saturated carbocycles. The molecule has 1 aromatic carbocycles. The maximum absolute atomic E-state index is 12.7. The van der Waals surface area contributed by atoms with Crippen molar-refractivity contribution in [1.29, 1.82) is 0 Å². The number of rotatable bonds is 4. The maximum Gasteiger partial charge on any atom is 0.243 e. The third kappa shape index (κ3) is 3.77. The lowest BCUT2D eigenvalue weighted by molar-refractivity contribution is -0.917. The highest BCUT2D eigenvalue weighted by atomic mass is 32.2. The Labute approximate surface area is 137 Å². The molecule has 0 spiro atoms. The van der Waals surface area contributed by atoms with Crippen LogP contribution in [0.4, 0.5) is 0 Å². The maximum atomic E-state index is 12.7. The molecular weight excluding hydrogens is 310 g/mol. The minimum Gasteiger partial charge on any atom is -0.329 e. The summed E-state index contributed by atoms with van der Waals surface area (Å²) >= 11 is 0. The third-order valence-corrected chi connectivity index (χ3v) is 6.24. The van der Waals surface area contributed by atoms with Crippen LogP contribution in [-0.2, 0) is 16.6 Å². The summed E-state index contributed by atoms with van der Waals surface area (Å²) in [4.78, 5) is 4.84. The van der Waals surface area contributed by atoms with Crippen LogP contribution in [0.3, 0.4) is 0 Å². The molecule has 0 bridgehead atoms. The van der Waals surface area contributed by atoms with Crippen molar-refractivity contribution in [1.82, 2.24) is 4.31 Å². The second-order valence-electron chi connectivity index (χ2n) is 6.05. The predicted octanol–water partition coefficient (Wildman–Crippen LogP) is -0.101. The van der Waals surface area contributed by atoms with E-state index in [0.29, 0.717) is 18.0 Å². The van der Waals surface area contributed by atoms with Gasteiger partial charge in [0.1, 0.15) is 6.54 Å². The summed E-state index contributed by atoms with van der Waals surface area (Å²) in [6.07, 6.45) is 3.85. The van der Waals surface area contributed by atoms with E-state index >= 15 is 0 Å². The lowest BCUT2D eigenvalue weighted by atomic mass is 10.2. The fraction of sp³-hybridized carbons (Fsp3) is 0.353. The van der Waals surface area contributed by atoms with E-state index in [2.05, 4.69) is 17.1 Å². The number of H-pyrrole nitrogens is 1. The minimum atomic E-state index is -3.36. The van der Waals surface area contributed by atoms with Crippen LogP contribution in [0.5, 0.6) is 0 Å². The molecule has 1 aliphatic heterocycles. The van der Waals surface area contributed by atoms with Crippen molar-refractivity contribution in [3.63, 3.8) is 0 Å². The SMILES string of the molecule is Cc1ccc(S(=O)(=O)N2CC[NH+](Cc3cc[nH+]cc3)CC2)cc1. The number of piperazine rings is 1. The highest BCUT2D eigenvalue weighted by molar-refractivity contribution is 7.89. The van der Waals surface area contributed by atoms with Gasteiger partial charge in [0.15, 0.2) is 12.4 Å². The Morgan fingerprint density at radius 2 is 1.65 bits per heavy atom. The highest BCUT2D eigenvalue weighted by Gasteiger charge is 2.30. The van der Waals surface area contributed by atoms with E-state index in [0.717, 1.165) is 25.2 Å². The van der Waals surface area contributed by atoms with Gasteiger partial charge in [-0.1, -0.05) is 17.7 Å². The molecule has 1 aliphatic rings. The number of benzene rings is 1. The van der Waals surface area contributed by atoms with Crippen LogP contribution < -0.4 is 9.88 Å². The molecule has 1 aromatic heterocycles. The number of nitrogens with one attached hydrogen (secondary N) is 2. The summed E-state index contributed by atoms with van der Waals surface area (Å²) < 4.78 is 27.0. The Bertz CT molecular complexity index is 737. The molecule has 23 heavy (non-hydrogen) atoms. The lowest BCUT2D eigenvalue weighted by Gasteiger charge is -2.31. The first-order valence-corrected chi connectivity index (χ1v) is 9.35. The summed E-state index contributed by atoms with van der Waals surface area (Å²) in [5.41, 5.74) is 2.34. The topological polar surface area (TPSA) is 56.0 Å².